The summed E-state index contributed by atoms with van der Waals surface area (Å²) >= 11 is 0. The van der Waals surface area contributed by atoms with E-state index in [4.69, 9.17) is 4.52 Å². The van der Waals surface area contributed by atoms with Crippen molar-refractivity contribution in [2.75, 3.05) is 18.0 Å². The highest BCUT2D eigenvalue weighted by Gasteiger charge is 2.40. The van der Waals surface area contributed by atoms with Gasteiger partial charge in [-0.05, 0) is 51.7 Å². The molecule has 3 rings (SSSR count). The van der Waals surface area contributed by atoms with Crippen LogP contribution in [0.25, 0.3) is 0 Å². The lowest BCUT2D eigenvalue weighted by Crippen LogP contribution is -2.28. The first kappa shape index (κ1) is 14.2. The Balaban J connectivity index is 2.10. The Morgan fingerprint density at radius 2 is 2.05 bits per heavy atom. The number of nitrogens with zero attached hydrogens (tertiary/aromatic N) is 2. The highest BCUT2D eigenvalue weighted by Crippen LogP contribution is 2.46. The van der Waals surface area contributed by atoms with Crippen LogP contribution in [0.2, 0.25) is 0 Å². The van der Waals surface area contributed by atoms with Crippen molar-refractivity contribution in [3.05, 3.63) is 46.8 Å². The zero-order chi connectivity index (χ0) is 15.0. The highest BCUT2D eigenvalue weighted by molar-refractivity contribution is 5.57. The van der Waals surface area contributed by atoms with Crippen LogP contribution in [0.5, 0.6) is 0 Å². The molecule has 0 amide bonds. The van der Waals surface area contributed by atoms with Crippen LogP contribution in [0.4, 0.5) is 5.69 Å². The van der Waals surface area contributed by atoms with Crippen LogP contribution >= 0.6 is 0 Å². The van der Waals surface area contributed by atoms with E-state index in [1.54, 1.807) is 6.26 Å². The average molecular weight is 284 g/mol. The predicted octanol–water partition coefficient (Wildman–Crippen LogP) is 4.08. The van der Waals surface area contributed by atoms with E-state index in [0.717, 1.165) is 37.3 Å². The lowest BCUT2D eigenvalue weighted by molar-refractivity contribution is 0.392. The molecule has 0 aliphatic heterocycles. The van der Waals surface area contributed by atoms with Crippen LogP contribution in [0.3, 0.4) is 0 Å². The van der Waals surface area contributed by atoms with Crippen molar-refractivity contribution in [1.82, 2.24) is 5.16 Å². The molecule has 1 heterocycles. The molecule has 21 heavy (non-hydrogen) atoms. The topological polar surface area (TPSA) is 29.3 Å². The third-order valence-corrected chi connectivity index (χ3v) is 4.93. The van der Waals surface area contributed by atoms with Gasteiger partial charge >= 0.3 is 0 Å². The standard InChI is InChI=1S/C18H24N2O/c1-5-20(6-2)16-12-21-19-17(16)18(4)10-9-14-8-7-13(3)11-15(14)18/h7-8,11-12H,5-6,9-10H2,1-4H3. The molecule has 0 saturated carbocycles. The van der Waals surface area contributed by atoms with Gasteiger partial charge < -0.3 is 9.42 Å². The van der Waals surface area contributed by atoms with Gasteiger partial charge in [0.05, 0.1) is 0 Å². The first-order valence-corrected chi connectivity index (χ1v) is 7.90. The van der Waals surface area contributed by atoms with Crippen molar-refractivity contribution in [3.8, 4) is 0 Å². The van der Waals surface area contributed by atoms with Gasteiger partial charge in [0.25, 0.3) is 0 Å². The molecular formula is C18H24N2O. The molecule has 3 heteroatoms. The van der Waals surface area contributed by atoms with E-state index in [1.807, 2.05) is 0 Å². The summed E-state index contributed by atoms with van der Waals surface area (Å²) in [5, 5.41) is 4.40. The zero-order valence-electron chi connectivity index (χ0n) is 13.4. The molecule has 1 aliphatic rings. The predicted molar refractivity (Wildman–Crippen MR) is 86.0 cm³/mol. The van der Waals surface area contributed by atoms with E-state index in [0.29, 0.717) is 0 Å². The molecule has 0 fully saturated rings. The second kappa shape index (κ2) is 5.21. The first-order valence-electron chi connectivity index (χ1n) is 7.90. The molecule has 1 atom stereocenters. The number of hydrogen-bond donors (Lipinski definition) is 0. The summed E-state index contributed by atoms with van der Waals surface area (Å²) in [6.07, 6.45) is 4.03. The zero-order valence-corrected chi connectivity index (χ0v) is 13.4. The summed E-state index contributed by atoms with van der Waals surface area (Å²) in [4.78, 5) is 2.32. The van der Waals surface area contributed by atoms with E-state index in [-0.39, 0.29) is 5.41 Å². The van der Waals surface area contributed by atoms with Gasteiger partial charge in [0, 0.05) is 18.5 Å². The Morgan fingerprint density at radius 1 is 1.29 bits per heavy atom. The van der Waals surface area contributed by atoms with E-state index in [1.165, 1.54) is 16.7 Å². The van der Waals surface area contributed by atoms with E-state index >= 15 is 0 Å². The van der Waals surface area contributed by atoms with Crippen LogP contribution < -0.4 is 4.90 Å². The monoisotopic (exact) mass is 284 g/mol. The summed E-state index contributed by atoms with van der Waals surface area (Å²) in [6, 6.07) is 6.80. The van der Waals surface area contributed by atoms with Gasteiger partial charge in [0.2, 0.25) is 0 Å². The van der Waals surface area contributed by atoms with Crippen molar-refractivity contribution in [3.63, 3.8) is 0 Å². The molecule has 3 nitrogen and oxygen atoms in total. The van der Waals surface area contributed by atoms with Crippen molar-refractivity contribution in [2.24, 2.45) is 0 Å². The molecule has 1 aromatic carbocycles. The molecule has 1 unspecified atom stereocenters. The fraction of sp³-hybridized carbons (Fsp3) is 0.500. The summed E-state index contributed by atoms with van der Waals surface area (Å²) in [6.45, 7) is 10.8. The van der Waals surface area contributed by atoms with Gasteiger partial charge in [0.1, 0.15) is 17.6 Å². The molecule has 0 spiro atoms. The van der Waals surface area contributed by atoms with Crippen LogP contribution in [0, 0.1) is 6.92 Å². The van der Waals surface area contributed by atoms with Crippen LogP contribution in [-0.4, -0.2) is 18.2 Å². The van der Waals surface area contributed by atoms with Crippen molar-refractivity contribution >= 4 is 5.69 Å². The molecule has 0 saturated heterocycles. The number of hydrogen-bond acceptors (Lipinski definition) is 3. The Kier molecular flexibility index (Phi) is 3.52. The van der Waals surface area contributed by atoms with Crippen LogP contribution in [0.1, 0.15) is 49.6 Å². The van der Waals surface area contributed by atoms with Crippen molar-refractivity contribution in [1.29, 1.82) is 0 Å². The molecule has 2 aromatic rings. The lowest BCUT2D eigenvalue weighted by atomic mass is 9.79. The Bertz CT molecular complexity index is 642. The fourth-order valence-electron chi connectivity index (χ4n) is 3.59. The summed E-state index contributed by atoms with van der Waals surface area (Å²) in [5.74, 6) is 0. The SMILES string of the molecule is CCN(CC)c1conc1C1(C)CCc2ccc(C)cc21. The Morgan fingerprint density at radius 3 is 2.76 bits per heavy atom. The smallest absolute Gasteiger partial charge is 0.147 e. The fourth-order valence-corrected chi connectivity index (χ4v) is 3.59. The van der Waals surface area contributed by atoms with E-state index < -0.39 is 0 Å². The minimum Gasteiger partial charge on any atom is -0.368 e. The van der Waals surface area contributed by atoms with E-state index in [2.05, 4.69) is 56.0 Å². The van der Waals surface area contributed by atoms with Gasteiger partial charge in [-0.2, -0.15) is 0 Å². The second-order valence-electron chi connectivity index (χ2n) is 6.21. The molecule has 1 aromatic heterocycles. The Labute approximate surface area is 126 Å². The number of rotatable bonds is 4. The largest absolute Gasteiger partial charge is 0.368 e. The summed E-state index contributed by atoms with van der Waals surface area (Å²) in [7, 11) is 0. The quantitative estimate of drug-likeness (QED) is 0.847. The molecule has 112 valence electrons. The highest BCUT2D eigenvalue weighted by atomic mass is 16.5. The maximum absolute atomic E-state index is 5.36. The average Bonchev–Trinajstić information content (AvgIpc) is 3.08. The van der Waals surface area contributed by atoms with Gasteiger partial charge in [-0.3, -0.25) is 0 Å². The first-order chi connectivity index (χ1) is 10.1. The Hall–Kier alpha value is -1.77. The third kappa shape index (κ3) is 2.15. The third-order valence-electron chi connectivity index (χ3n) is 4.93. The number of fused-ring (bicyclic) bond motifs is 1. The minimum absolute atomic E-state index is 0.0354. The van der Waals surface area contributed by atoms with Crippen LogP contribution in [-0.2, 0) is 11.8 Å². The minimum atomic E-state index is -0.0354. The number of benzene rings is 1. The summed E-state index contributed by atoms with van der Waals surface area (Å²) < 4.78 is 5.36. The normalized spacial score (nSPS) is 20.6. The molecule has 0 N–H and O–H groups in total. The summed E-state index contributed by atoms with van der Waals surface area (Å²) in [5.41, 5.74) is 6.40. The van der Waals surface area contributed by atoms with Gasteiger partial charge in [-0.15, -0.1) is 0 Å². The van der Waals surface area contributed by atoms with Crippen molar-refractivity contribution in [2.45, 2.75) is 46.0 Å². The molecule has 0 bridgehead atoms. The molecule has 0 radical (unpaired) electrons. The van der Waals surface area contributed by atoms with Gasteiger partial charge in [0.15, 0.2) is 0 Å². The van der Waals surface area contributed by atoms with Gasteiger partial charge in [-0.1, -0.05) is 28.9 Å². The number of aryl methyl sites for hydroxylation is 2. The molecule has 1 aliphatic carbocycles. The number of anilines is 1. The molecular weight excluding hydrogens is 260 g/mol. The number of aromatic nitrogens is 1. The lowest BCUT2D eigenvalue weighted by Gasteiger charge is -2.28. The van der Waals surface area contributed by atoms with Crippen molar-refractivity contribution < 1.29 is 4.52 Å². The van der Waals surface area contributed by atoms with Gasteiger partial charge in [-0.25, -0.2) is 0 Å². The maximum atomic E-state index is 5.36. The van der Waals surface area contributed by atoms with Crippen LogP contribution in [0.15, 0.2) is 29.0 Å². The second-order valence-corrected chi connectivity index (χ2v) is 6.21. The maximum Gasteiger partial charge on any atom is 0.147 e. The van der Waals surface area contributed by atoms with E-state index in [9.17, 15) is 0 Å².